The van der Waals surface area contributed by atoms with Crippen LogP contribution >= 0.6 is 11.6 Å². The number of hydrogen-bond donors (Lipinski definition) is 1. The number of carbonyl (C=O) groups excluding carboxylic acids is 2. The Morgan fingerprint density at radius 1 is 1.09 bits per heavy atom. The molecule has 0 heterocycles. The molecular formula is C24H32ClN3O4S. The van der Waals surface area contributed by atoms with Crippen LogP contribution in [0, 0.1) is 6.92 Å². The maximum absolute atomic E-state index is 13.4. The highest BCUT2D eigenvalue weighted by Gasteiger charge is 2.30. The van der Waals surface area contributed by atoms with Gasteiger partial charge in [0, 0.05) is 18.1 Å². The fraction of sp³-hybridized carbons (Fsp3) is 0.417. The minimum Gasteiger partial charge on any atom is -0.354 e. The fourth-order valence-electron chi connectivity index (χ4n) is 3.25. The second-order valence-electron chi connectivity index (χ2n) is 8.04. The van der Waals surface area contributed by atoms with Gasteiger partial charge in [-0.2, -0.15) is 0 Å². The number of unbranched alkanes of at least 4 members (excludes halogenated alkanes) is 1. The SMILES string of the molecule is CCCCNC(=O)C(C)N(Cc1ccccc1Cl)C(=O)CN(c1ccc(C)cc1)S(C)(=O)=O. The van der Waals surface area contributed by atoms with E-state index in [4.69, 9.17) is 11.6 Å². The predicted molar refractivity (Wildman–Crippen MR) is 133 cm³/mol. The Labute approximate surface area is 201 Å². The first-order valence-electron chi connectivity index (χ1n) is 10.9. The Morgan fingerprint density at radius 3 is 2.30 bits per heavy atom. The van der Waals surface area contributed by atoms with E-state index in [-0.39, 0.29) is 12.5 Å². The molecule has 1 unspecified atom stereocenters. The van der Waals surface area contributed by atoms with Crippen molar-refractivity contribution in [3.05, 3.63) is 64.7 Å². The van der Waals surface area contributed by atoms with Gasteiger partial charge in [0.2, 0.25) is 21.8 Å². The third-order valence-corrected chi connectivity index (χ3v) is 6.81. The monoisotopic (exact) mass is 493 g/mol. The van der Waals surface area contributed by atoms with Crippen molar-refractivity contribution in [2.75, 3.05) is 23.7 Å². The summed E-state index contributed by atoms with van der Waals surface area (Å²) in [5, 5.41) is 3.31. The van der Waals surface area contributed by atoms with Gasteiger partial charge in [-0.25, -0.2) is 8.42 Å². The molecule has 2 amide bonds. The van der Waals surface area contributed by atoms with Gasteiger partial charge in [-0.05, 0) is 44.0 Å². The average Bonchev–Trinajstić information content (AvgIpc) is 2.76. The van der Waals surface area contributed by atoms with Crippen LogP contribution < -0.4 is 9.62 Å². The zero-order valence-electron chi connectivity index (χ0n) is 19.5. The summed E-state index contributed by atoms with van der Waals surface area (Å²) >= 11 is 6.30. The summed E-state index contributed by atoms with van der Waals surface area (Å²) in [6, 6.07) is 13.1. The number of rotatable bonds is 11. The molecule has 0 radical (unpaired) electrons. The van der Waals surface area contributed by atoms with E-state index in [0.29, 0.717) is 22.8 Å². The maximum atomic E-state index is 13.4. The second kappa shape index (κ2) is 12.0. The summed E-state index contributed by atoms with van der Waals surface area (Å²) in [7, 11) is -3.74. The van der Waals surface area contributed by atoms with Gasteiger partial charge in [0.1, 0.15) is 12.6 Å². The quantitative estimate of drug-likeness (QED) is 0.483. The highest BCUT2D eigenvalue weighted by molar-refractivity contribution is 7.92. The van der Waals surface area contributed by atoms with Gasteiger partial charge in [0.15, 0.2) is 0 Å². The molecule has 0 aliphatic rings. The third-order valence-electron chi connectivity index (χ3n) is 5.30. The Balaban J connectivity index is 2.35. The van der Waals surface area contributed by atoms with Gasteiger partial charge < -0.3 is 10.2 Å². The first kappa shape index (κ1) is 26.7. The lowest BCUT2D eigenvalue weighted by molar-refractivity contribution is -0.139. The summed E-state index contributed by atoms with van der Waals surface area (Å²) in [6.45, 7) is 5.70. The van der Waals surface area contributed by atoms with E-state index in [1.807, 2.05) is 13.8 Å². The number of nitrogens with one attached hydrogen (secondary N) is 1. The zero-order valence-corrected chi connectivity index (χ0v) is 21.1. The molecule has 0 spiro atoms. The molecule has 0 saturated heterocycles. The van der Waals surface area contributed by atoms with Crippen LogP contribution in [0.15, 0.2) is 48.5 Å². The number of carbonyl (C=O) groups is 2. The van der Waals surface area contributed by atoms with E-state index in [2.05, 4.69) is 5.32 Å². The first-order chi connectivity index (χ1) is 15.5. The number of sulfonamides is 1. The second-order valence-corrected chi connectivity index (χ2v) is 10.4. The summed E-state index contributed by atoms with van der Waals surface area (Å²) in [5.41, 5.74) is 2.02. The lowest BCUT2D eigenvalue weighted by atomic mass is 10.1. The average molecular weight is 494 g/mol. The van der Waals surface area contributed by atoms with Crippen LogP contribution in [0.5, 0.6) is 0 Å². The van der Waals surface area contributed by atoms with Crippen LogP contribution in [-0.4, -0.2) is 50.5 Å². The Bertz CT molecular complexity index is 1060. The highest BCUT2D eigenvalue weighted by Crippen LogP contribution is 2.21. The van der Waals surface area contributed by atoms with Gasteiger partial charge in [-0.3, -0.25) is 13.9 Å². The molecule has 0 saturated carbocycles. The van der Waals surface area contributed by atoms with Crippen molar-refractivity contribution in [1.29, 1.82) is 0 Å². The normalized spacial score (nSPS) is 12.2. The molecule has 0 fully saturated rings. The van der Waals surface area contributed by atoms with Gasteiger partial charge in [0.25, 0.3) is 0 Å². The molecule has 0 aliphatic heterocycles. The number of halogens is 1. The summed E-state index contributed by atoms with van der Waals surface area (Å²) in [4.78, 5) is 27.6. The highest BCUT2D eigenvalue weighted by atomic mass is 35.5. The first-order valence-corrected chi connectivity index (χ1v) is 13.1. The summed E-state index contributed by atoms with van der Waals surface area (Å²) < 4.78 is 26.1. The maximum Gasteiger partial charge on any atom is 0.244 e. The van der Waals surface area contributed by atoms with Gasteiger partial charge in [-0.15, -0.1) is 0 Å². The van der Waals surface area contributed by atoms with Crippen LogP contribution in [-0.2, 0) is 26.2 Å². The molecule has 9 heteroatoms. The van der Waals surface area contributed by atoms with Crippen LogP contribution in [0.25, 0.3) is 0 Å². The van der Waals surface area contributed by atoms with Crippen molar-refractivity contribution in [3.8, 4) is 0 Å². The number of amides is 2. The third kappa shape index (κ3) is 7.75. The lowest BCUT2D eigenvalue weighted by Crippen LogP contribution is -2.51. The van der Waals surface area contributed by atoms with Crippen molar-refractivity contribution in [3.63, 3.8) is 0 Å². The van der Waals surface area contributed by atoms with Crippen LogP contribution in [0.2, 0.25) is 5.02 Å². The number of nitrogens with zero attached hydrogens (tertiary/aromatic N) is 2. The Kier molecular flexibility index (Phi) is 9.73. The summed E-state index contributed by atoms with van der Waals surface area (Å²) in [6.07, 6.45) is 2.81. The molecule has 2 rings (SSSR count). The number of hydrogen-bond acceptors (Lipinski definition) is 4. The number of aryl methyl sites for hydroxylation is 1. The minimum atomic E-state index is -3.74. The molecule has 180 valence electrons. The van der Waals surface area contributed by atoms with E-state index in [1.54, 1.807) is 55.5 Å². The van der Waals surface area contributed by atoms with Crippen LogP contribution in [0.1, 0.15) is 37.8 Å². The van der Waals surface area contributed by atoms with Gasteiger partial charge >= 0.3 is 0 Å². The zero-order chi connectivity index (χ0) is 24.6. The molecule has 33 heavy (non-hydrogen) atoms. The molecular weight excluding hydrogens is 462 g/mol. The van der Waals surface area contributed by atoms with Gasteiger partial charge in [-0.1, -0.05) is 60.8 Å². The van der Waals surface area contributed by atoms with Crippen LogP contribution in [0.4, 0.5) is 5.69 Å². The molecule has 0 bridgehead atoms. The topological polar surface area (TPSA) is 86.8 Å². The van der Waals surface area contributed by atoms with Crippen LogP contribution in [0.3, 0.4) is 0 Å². The smallest absolute Gasteiger partial charge is 0.244 e. The van der Waals surface area contributed by atoms with Crippen molar-refractivity contribution in [2.24, 2.45) is 0 Å². The van der Waals surface area contributed by atoms with E-state index in [0.717, 1.165) is 29.0 Å². The summed E-state index contributed by atoms with van der Waals surface area (Å²) in [5.74, 6) is -0.802. The molecule has 2 aromatic rings. The van der Waals surface area contributed by atoms with E-state index in [1.165, 1.54) is 4.90 Å². The lowest BCUT2D eigenvalue weighted by Gasteiger charge is -2.31. The van der Waals surface area contributed by atoms with Crippen molar-refractivity contribution in [2.45, 2.75) is 46.2 Å². The predicted octanol–water partition coefficient (Wildman–Crippen LogP) is 3.75. The van der Waals surface area contributed by atoms with E-state index < -0.39 is 28.5 Å². The minimum absolute atomic E-state index is 0.0758. The van der Waals surface area contributed by atoms with Gasteiger partial charge in [0.05, 0.1) is 11.9 Å². The standard InChI is InChI=1S/C24H32ClN3O4S/c1-5-6-15-26-24(30)19(3)27(16-20-9-7-8-10-22(20)25)23(29)17-28(33(4,31)32)21-13-11-18(2)12-14-21/h7-14,19H,5-6,15-17H2,1-4H3,(H,26,30). The molecule has 7 nitrogen and oxygen atoms in total. The number of anilines is 1. The Morgan fingerprint density at radius 2 is 1.73 bits per heavy atom. The van der Waals surface area contributed by atoms with E-state index >= 15 is 0 Å². The largest absolute Gasteiger partial charge is 0.354 e. The molecule has 1 atom stereocenters. The van der Waals surface area contributed by atoms with Crippen molar-refractivity contribution < 1.29 is 18.0 Å². The van der Waals surface area contributed by atoms with E-state index in [9.17, 15) is 18.0 Å². The molecule has 2 aromatic carbocycles. The molecule has 0 aromatic heterocycles. The molecule has 1 N–H and O–H groups in total. The Hall–Kier alpha value is -2.58. The fourth-order valence-corrected chi connectivity index (χ4v) is 4.30. The molecule has 0 aliphatic carbocycles. The van der Waals surface area contributed by atoms with Crippen molar-refractivity contribution in [1.82, 2.24) is 10.2 Å². The number of benzene rings is 2. The van der Waals surface area contributed by atoms with Crippen molar-refractivity contribution >= 4 is 39.1 Å².